The molecule has 2 aromatic rings. The van der Waals surface area contributed by atoms with Crippen LogP contribution in [0.3, 0.4) is 0 Å². The fourth-order valence-electron chi connectivity index (χ4n) is 2.46. The van der Waals surface area contributed by atoms with E-state index in [9.17, 15) is 19.7 Å². The van der Waals surface area contributed by atoms with Crippen molar-refractivity contribution in [3.63, 3.8) is 0 Å². The second-order valence-corrected chi connectivity index (χ2v) is 5.92. The topological polar surface area (TPSA) is 162 Å². The number of aryl methyl sites for hydroxylation is 2. The number of rotatable bonds is 7. The molecule has 0 fully saturated rings. The zero-order valence-corrected chi connectivity index (χ0v) is 16.9. The number of halogens is 1. The highest BCUT2D eigenvalue weighted by atomic mass is 35.5. The first-order valence-electron chi connectivity index (χ1n) is 8.25. The van der Waals surface area contributed by atoms with Crippen molar-refractivity contribution in [3.05, 3.63) is 46.0 Å². The molecule has 158 valence electrons. The molecule has 2 heterocycles. The summed E-state index contributed by atoms with van der Waals surface area (Å²) in [5, 5.41) is 19.0. The number of anilines is 1. The standard InChI is InChI=1S/C16H22N8O4.ClH/c1-18-16(17)20-5-4-19-14(25)12-6-10(8-22(12)2)21-15(26)13-7-11(24(27)28)9-23(13)3;/h6-9H,4-5H2,1-3H3,(H,19,25)(H,21,26)(H3,17,18,20);1H. The molecule has 29 heavy (non-hydrogen) atoms. The molecule has 0 atom stereocenters. The van der Waals surface area contributed by atoms with Gasteiger partial charge < -0.3 is 30.8 Å². The number of nitrogens with zero attached hydrogens (tertiary/aromatic N) is 4. The van der Waals surface area contributed by atoms with Crippen LogP contribution in [0, 0.1) is 10.1 Å². The molecule has 0 aliphatic heterocycles. The van der Waals surface area contributed by atoms with E-state index < -0.39 is 10.8 Å². The van der Waals surface area contributed by atoms with Crippen LogP contribution in [0.25, 0.3) is 0 Å². The molecule has 0 bridgehead atoms. The van der Waals surface area contributed by atoms with E-state index in [0.29, 0.717) is 24.5 Å². The Kier molecular flexibility index (Phi) is 8.21. The maximum Gasteiger partial charge on any atom is 0.287 e. The van der Waals surface area contributed by atoms with E-state index in [-0.39, 0.29) is 35.7 Å². The van der Waals surface area contributed by atoms with Gasteiger partial charge in [0.25, 0.3) is 17.5 Å². The number of guanidine groups is 1. The summed E-state index contributed by atoms with van der Waals surface area (Å²) in [5.74, 6) is -0.572. The fraction of sp³-hybridized carbons (Fsp3) is 0.312. The summed E-state index contributed by atoms with van der Waals surface area (Å²) in [7, 11) is 4.75. The van der Waals surface area contributed by atoms with Crippen molar-refractivity contribution in [2.45, 2.75) is 0 Å². The molecular weight excluding hydrogens is 404 g/mol. The van der Waals surface area contributed by atoms with Gasteiger partial charge in [-0.05, 0) is 6.07 Å². The summed E-state index contributed by atoms with van der Waals surface area (Å²) in [5.41, 5.74) is 6.17. The Morgan fingerprint density at radius 3 is 2.28 bits per heavy atom. The maximum absolute atomic E-state index is 12.4. The first-order chi connectivity index (χ1) is 13.2. The van der Waals surface area contributed by atoms with Gasteiger partial charge >= 0.3 is 0 Å². The fourth-order valence-corrected chi connectivity index (χ4v) is 2.46. The van der Waals surface area contributed by atoms with Gasteiger partial charge in [0.15, 0.2) is 5.96 Å². The number of carbonyl (C=O) groups is 2. The predicted octanol–water partition coefficient (Wildman–Crippen LogP) is 0.210. The average Bonchev–Trinajstić information content (AvgIpc) is 3.21. The Morgan fingerprint density at radius 1 is 1.10 bits per heavy atom. The van der Waals surface area contributed by atoms with Crippen LogP contribution in [0.1, 0.15) is 21.0 Å². The smallest absolute Gasteiger partial charge is 0.287 e. The van der Waals surface area contributed by atoms with Gasteiger partial charge in [-0.25, -0.2) is 0 Å². The number of hydrogen-bond donors (Lipinski definition) is 4. The van der Waals surface area contributed by atoms with Crippen LogP contribution in [0.4, 0.5) is 11.4 Å². The number of hydrogen-bond acceptors (Lipinski definition) is 5. The predicted molar refractivity (Wildman–Crippen MR) is 111 cm³/mol. The molecule has 2 amide bonds. The minimum atomic E-state index is -0.573. The molecular formula is C16H23ClN8O4. The number of aliphatic imine (C=N–C) groups is 1. The third-order valence-electron chi connectivity index (χ3n) is 3.89. The Labute approximate surface area is 172 Å². The molecule has 0 aromatic carbocycles. The second-order valence-electron chi connectivity index (χ2n) is 5.92. The maximum atomic E-state index is 12.4. The van der Waals surface area contributed by atoms with Crippen molar-refractivity contribution >= 4 is 41.6 Å². The van der Waals surface area contributed by atoms with Crippen LogP contribution in [-0.4, -0.2) is 52.0 Å². The summed E-state index contributed by atoms with van der Waals surface area (Å²) in [4.78, 5) is 38.6. The third-order valence-corrected chi connectivity index (χ3v) is 3.89. The molecule has 0 unspecified atom stereocenters. The lowest BCUT2D eigenvalue weighted by Gasteiger charge is -2.07. The number of aromatic nitrogens is 2. The molecule has 0 saturated carbocycles. The SMILES string of the molecule is CN=C(N)NCCNC(=O)c1cc(NC(=O)c2cc([N+](=O)[O-])cn2C)cn1C.Cl. The zero-order valence-electron chi connectivity index (χ0n) is 16.1. The largest absolute Gasteiger partial charge is 0.370 e. The van der Waals surface area contributed by atoms with Gasteiger partial charge in [-0.15, -0.1) is 12.4 Å². The number of nitrogens with two attached hydrogens (primary N) is 1. The van der Waals surface area contributed by atoms with Crippen LogP contribution < -0.4 is 21.7 Å². The Hall–Kier alpha value is -3.54. The van der Waals surface area contributed by atoms with Crippen molar-refractivity contribution < 1.29 is 14.5 Å². The van der Waals surface area contributed by atoms with Crippen molar-refractivity contribution in [3.8, 4) is 0 Å². The first kappa shape index (κ1) is 23.5. The van der Waals surface area contributed by atoms with E-state index in [1.807, 2.05) is 0 Å². The lowest BCUT2D eigenvalue weighted by atomic mass is 10.3. The molecule has 13 heteroatoms. The van der Waals surface area contributed by atoms with Crippen molar-refractivity contribution in [2.75, 3.05) is 25.5 Å². The highest BCUT2D eigenvalue weighted by Gasteiger charge is 2.19. The highest BCUT2D eigenvalue weighted by molar-refractivity contribution is 6.04. The molecule has 0 radical (unpaired) electrons. The molecule has 12 nitrogen and oxygen atoms in total. The molecule has 2 aromatic heterocycles. The van der Waals surface area contributed by atoms with E-state index >= 15 is 0 Å². The monoisotopic (exact) mass is 426 g/mol. The van der Waals surface area contributed by atoms with Crippen LogP contribution >= 0.6 is 12.4 Å². The Balaban J connectivity index is 0.00000420. The molecule has 0 aliphatic rings. The van der Waals surface area contributed by atoms with Gasteiger partial charge in [0.1, 0.15) is 11.4 Å². The summed E-state index contributed by atoms with van der Waals surface area (Å²) in [6.07, 6.45) is 2.83. The highest BCUT2D eigenvalue weighted by Crippen LogP contribution is 2.18. The average molecular weight is 427 g/mol. The summed E-state index contributed by atoms with van der Waals surface area (Å²) in [6, 6.07) is 2.70. The number of carbonyl (C=O) groups excluding carboxylic acids is 2. The second kappa shape index (κ2) is 10.1. The minimum absolute atomic E-state index is 0. The number of nitro groups is 1. The lowest BCUT2D eigenvalue weighted by molar-refractivity contribution is -0.384. The van der Waals surface area contributed by atoms with Gasteiger partial charge in [-0.3, -0.25) is 24.7 Å². The summed E-state index contributed by atoms with van der Waals surface area (Å²) in [6.45, 7) is 0.740. The third kappa shape index (κ3) is 5.97. The van der Waals surface area contributed by atoms with Crippen molar-refractivity contribution in [1.29, 1.82) is 0 Å². The van der Waals surface area contributed by atoms with Gasteiger partial charge in [0, 0.05) is 46.5 Å². The summed E-state index contributed by atoms with van der Waals surface area (Å²) >= 11 is 0. The van der Waals surface area contributed by atoms with Crippen LogP contribution in [0.15, 0.2) is 29.5 Å². The van der Waals surface area contributed by atoms with Gasteiger partial charge in [0.2, 0.25) is 0 Å². The molecule has 0 spiro atoms. The van der Waals surface area contributed by atoms with E-state index in [1.165, 1.54) is 29.9 Å². The molecule has 5 N–H and O–H groups in total. The normalized spacial score (nSPS) is 10.8. The minimum Gasteiger partial charge on any atom is -0.370 e. The van der Waals surface area contributed by atoms with Crippen LogP contribution in [0.2, 0.25) is 0 Å². The van der Waals surface area contributed by atoms with E-state index in [0.717, 1.165) is 0 Å². The number of amides is 2. The van der Waals surface area contributed by atoms with Crippen LogP contribution in [-0.2, 0) is 14.1 Å². The van der Waals surface area contributed by atoms with E-state index in [2.05, 4.69) is 20.9 Å². The van der Waals surface area contributed by atoms with Crippen molar-refractivity contribution in [2.24, 2.45) is 24.8 Å². The lowest BCUT2D eigenvalue weighted by Crippen LogP contribution is -2.38. The van der Waals surface area contributed by atoms with Crippen LogP contribution in [0.5, 0.6) is 0 Å². The van der Waals surface area contributed by atoms with Gasteiger partial charge in [0.05, 0.1) is 16.8 Å². The zero-order chi connectivity index (χ0) is 20.8. The molecule has 0 saturated heterocycles. The Bertz CT molecular complexity index is 933. The quantitative estimate of drug-likeness (QED) is 0.162. The first-order valence-corrected chi connectivity index (χ1v) is 8.25. The van der Waals surface area contributed by atoms with E-state index in [1.54, 1.807) is 24.9 Å². The molecule has 2 rings (SSSR count). The van der Waals surface area contributed by atoms with E-state index in [4.69, 9.17) is 5.73 Å². The Morgan fingerprint density at radius 2 is 1.69 bits per heavy atom. The molecule has 0 aliphatic carbocycles. The van der Waals surface area contributed by atoms with Gasteiger partial charge in [-0.2, -0.15) is 0 Å². The van der Waals surface area contributed by atoms with Crippen molar-refractivity contribution in [1.82, 2.24) is 19.8 Å². The summed E-state index contributed by atoms with van der Waals surface area (Å²) < 4.78 is 2.93. The van der Waals surface area contributed by atoms with Gasteiger partial charge in [-0.1, -0.05) is 0 Å². The number of nitrogens with one attached hydrogen (secondary N) is 3.